The Morgan fingerprint density at radius 2 is 1.50 bits per heavy atom. The van der Waals surface area contributed by atoms with Gasteiger partial charge in [0.2, 0.25) is 5.95 Å². The highest BCUT2D eigenvalue weighted by Gasteiger charge is 2.21. The first kappa shape index (κ1) is 13.2. The Hall–Kier alpha value is -1.76. The first-order chi connectivity index (χ1) is 9.74. The van der Waals surface area contributed by atoms with Gasteiger partial charge in [0.05, 0.1) is 10.2 Å². The van der Waals surface area contributed by atoms with Crippen LogP contribution in [0.25, 0.3) is 0 Å². The zero-order chi connectivity index (χ0) is 13.9. The lowest BCUT2D eigenvalue weighted by atomic mass is 10.3. The monoisotopic (exact) mass is 334 g/mol. The molecule has 7 heteroatoms. The molecule has 0 saturated carbocycles. The van der Waals surface area contributed by atoms with Crippen LogP contribution in [0, 0.1) is 6.92 Å². The summed E-state index contributed by atoms with van der Waals surface area (Å²) in [6.45, 7) is 5.57. The minimum absolute atomic E-state index is 0.781. The fraction of sp³-hybridized carbons (Fsp3) is 0.385. The van der Waals surface area contributed by atoms with Gasteiger partial charge in [-0.1, -0.05) is 0 Å². The summed E-state index contributed by atoms with van der Waals surface area (Å²) in [6, 6.07) is 0. The molecular formula is C13H15BrN6. The topological polar surface area (TPSA) is 58.0 Å². The van der Waals surface area contributed by atoms with Crippen molar-refractivity contribution in [2.45, 2.75) is 6.92 Å². The van der Waals surface area contributed by atoms with Gasteiger partial charge in [0.25, 0.3) is 0 Å². The van der Waals surface area contributed by atoms with Crippen molar-refractivity contribution < 1.29 is 0 Å². The molecule has 104 valence electrons. The lowest BCUT2D eigenvalue weighted by Crippen LogP contribution is -2.47. The third-order valence-corrected chi connectivity index (χ3v) is 3.73. The van der Waals surface area contributed by atoms with Crippen LogP contribution in [0.2, 0.25) is 0 Å². The van der Waals surface area contributed by atoms with Crippen LogP contribution in [0.15, 0.2) is 29.3 Å². The van der Waals surface area contributed by atoms with E-state index in [0.29, 0.717) is 0 Å². The van der Waals surface area contributed by atoms with Crippen molar-refractivity contribution in [3.8, 4) is 0 Å². The molecule has 3 heterocycles. The number of hydrogen-bond acceptors (Lipinski definition) is 6. The molecule has 0 aromatic carbocycles. The Bertz CT molecular complexity index is 580. The van der Waals surface area contributed by atoms with Crippen molar-refractivity contribution in [2.24, 2.45) is 0 Å². The van der Waals surface area contributed by atoms with Gasteiger partial charge in [-0.2, -0.15) is 0 Å². The molecule has 0 amide bonds. The molecule has 2 aromatic heterocycles. The van der Waals surface area contributed by atoms with Crippen molar-refractivity contribution >= 4 is 27.7 Å². The first-order valence-electron chi connectivity index (χ1n) is 6.49. The molecule has 2 aromatic rings. The van der Waals surface area contributed by atoms with Crippen LogP contribution in [-0.2, 0) is 0 Å². The van der Waals surface area contributed by atoms with E-state index < -0.39 is 0 Å². The van der Waals surface area contributed by atoms with Crippen molar-refractivity contribution in [1.82, 2.24) is 19.9 Å². The van der Waals surface area contributed by atoms with Crippen molar-refractivity contribution in [2.75, 3.05) is 36.0 Å². The molecular weight excluding hydrogens is 320 g/mol. The van der Waals surface area contributed by atoms with Crippen molar-refractivity contribution in [3.63, 3.8) is 0 Å². The molecule has 0 spiro atoms. The van der Waals surface area contributed by atoms with E-state index in [-0.39, 0.29) is 0 Å². The van der Waals surface area contributed by atoms with Crippen LogP contribution in [0.5, 0.6) is 0 Å². The van der Waals surface area contributed by atoms with E-state index in [1.54, 1.807) is 24.8 Å². The van der Waals surface area contributed by atoms with E-state index in [4.69, 9.17) is 0 Å². The summed E-state index contributed by atoms with van der Waals surface area (Å²) in [7, 11) is 0. The summed E-state index contributed by atoms with van der Waals surface area (Å²) in [5, 5.41) is 0. The first-order valence-corrected chi connectivity index (χ1v) is 7.28. The van der Waals surface area contributed by atoms with E-state index in [1.165, 1.54) is 0 Å². The van der Waals surface area contributed by atoms with Gasteiger partial charge < -0.3 is 9.80 Å². The highest BCUT2D eigenvalue weighted by molar-refractivity contribution is 9.10. The van der Waals surface area contributed by atoms with E-state index in [9.17, 15) is 0 Å². The number of halogens is 1. The highest BCUT2D eigenvalue weighted by atomic mass is 79.9. The zero-order valence-corrected chi connectivity index (χ0v) is 12.8. The number of hydrogen-bond donors (Lipinski definition) is 0. The van der Waals surface area contributed by atoms with Gasteiger partial charge in [0.1, 0.15) is 5.82 Å². The summed E-state index contributed by atoms with van der Waals surface area (Å²) < 4.78 is 0.898. The van der Waals surface area contributed by atoms with Crippen LogP contribution in [0.3, 0.4) is 0 Å². The maximum atomic E-state index is 4.42. The number of anilines is 2. The summed E-state index contributed by atoms with van der Waals surface area (Å²) in [5.41, 5.74) is 0.973. The molecule has 0 unspecified atom stereocenters. The molecule has 0 N–H and O–H groups in total. The summed E-state index contributed by atoms with van der Waals surface area (Å²) in [6.07, 6.45) is 7.03. The maximum absolute atomic E-state index is 4.42. The van der Waals surface area contributed by atoms with Gasteiger partial charge in [-0.25, -0.2) is 15.0 Å². The van der Waals surface area contributed by atoms with Gasteiger partial charge in [-0.15, -0.1) is 0 Å². The molecule has 1 aliphatic heterocycles. The summed E-state index contributed by atoms with van der Waals surface area (Å²) >= 11 is 3.35. The molecule has 1 fully saturated rings. The smallest absolute Gasteiger partial charge is 0.225 e. The average molecular weight is 335 g/mol. The standard InChI is InChI=1S/C13H15BrN6/c1-10-12(16-3-2-15-10)19-4-6-20(7-5-19)13-17-8-11(14)9-18-13/h2-3,8-9H,4-7H2,1H3. The largest absolute Gasteiger partial charge is 0.352 e. The second kappa shape index (κ2) is 5.70. The Morgan fingerprint density at radius 3 is 2.15 bits per heavy atom. The number of aryl methyl sites for hydroxylation is 1. The van der Waals surface area contributed by atoms with E-state index in [1.807, 2.05) is 6.92 Å². The van der Waals surface area contributed by atoms with Gasteiger partial charge in [-0.05, 0) is 22.9 Å². The third kappa shape index (κ3) is 2.72. The molecule has 0 bridgehead atoms. The van der Waals surface area contributed by atoms with E-state index in [2.05, 4.69) is 45.7 Å². The Morgan fingerprint density at radius 1 is 0.900 bits per heavy atom. The molecule has 0 aliphatic carbocycles. The van der Waals surface area contributed by atoms with Crippen molar-refractivity contribution in [1.29, 1.82) is 0 Å². The lowest BCUT2D eigenvalue weighted by molar-refractivity contribution is 0.631. The number of aromatic nitrogens is 4. The Balaban J connectivity index is 1.68. The molecule has 0 radical (unpaired) electrons. The fourth-order valence-corrected chi connectivity index (χ4v) is 2.50. The Labute approximate surface area is 126 Å². The summed E-state index contributed by atoms with van der Waals surface area (Å²) in [5.74, 6) is 1.76. The van der Waals surface area contributed by atoms with Gasteiger partial charge in [-0.3, -0.25) is 4.98 Å². The predicted molar refractivity (Wildman–Crippen MR) is 80.9 cm³/mol. The second-order valence-corrected chi connectivity index (χ2v) is 5.56. The molecule has 1 saturated heterocycles. The average Bonchev–Trinajstić information content (AvgIpc) is 2.49. The number of piperazine rings is 1. The third-order valence-electron chi connectivity index (χ3n) is 3.32. The number of nitrogens with zero attached hydrogens (tertiary/aromatic N) is 6. The minimum atomic E-state index is 0.781. The highest BCUT2D eigenvalue weighted by Crippen LogP contribution is 2.18. The van der Waals surface area contributed by atoms with Crippen LogP contribution in [0.4, 0.5) is 11.8 Å². The lowest BCUT2D eigenvalue weighted by Gasteiger charge is -2.35. The van der Waals surface area contributed by atoms with Crippen LogP contribution in [-0.4, -0.2) is 46.1 Å². The predicted octanol–water partition coefficient (Wildman–Crippen LogP) is 1.66. The van der Waals surface area contributed by atoms with Gasteiger partial charge in [0.15, 0.2) is 0 Å². The molecule has 3 rings (SSSR count). The fourth-order valence-electron chi connectivity index (χ4n) is 2.30. The maximum Gasteiger partial charge on any atom is 0.225 e. The molecule has 0 atom stereocenters. The van der Waals surface area contributed by atoms with Crippen LogP contribution < -0.4 is 9.80 Å². The van der Waals surface area contributed by atoms with Crippen LogP contribution in [0.1, 0.15) is 5.69 Å². The molecule has 20 heavy (non-hydrogen) atoms. The quantitative estimate of drug-likeness (QED) is 0.832. The SMILES string of the molecule is Cc1nccnc1N1CCN(c2ncc(Br)cn2)CC1. The van der Waals surface area contributed by atoms with Gasteiger partial charge >= 0.3 is 0 Å². The van der Waals surface area contributed by atoms with E-state index in [0.717, 1.165) is 48.1 Å². The normalized spacial score (nSPS) is 15.5. The second-order valence-electron chi connectivity index (χ2n) is 4.64. The van der Waals surface area contributed by atoms with Gasteiger partial charge in [0, 0.05) is 51.0 Å². The Kier molecular flexibility index (Phi) is 3.77. The van der Waals surface area contributed by atoms with Crippen molar-refractivity contribution in [3.05, 3.63) is 35.0 Å². The molecule has 1 aliphatic rings. The minimum Gasteiger partial charge on any atom is -0.352 e. The summed E-state index contributed by atoms with van der Waals surface area (Å²) in [4.78, 5) is 21.8. The van der Waals surface area contributed by atoms with E-state index >= 15 is 0 Å². The number of rotatable bonds is 2. The zero-order valence-electron chi connectivity index (χ0n) is 11.2. The molecule has 6 nitrogen and oxygen atoms in total. The van der Waals surface area contributed by atoms with Crippen LogP contribution >= 0.6 is 15.9 Å².